The Kier molecular flexibility index (Phi) is 5.31. The number of carboxylic acid groups (broad SMARTS) is 1. The zero-order chi connectivity index (χ0) is 17.9. The van der Waals surface area contributed by atoms with Crippen LogP contribution in [-0.4, -0.2) is 36.2 Å². The second-order valence-electron chi connectivity index (χ2n) is 5.36. The number of carbonyl (C=O) groups excluding carboxylic acids is 1. The molecule has 1 N–H and O–H groups in total. The minimum atomic E-state index is -1.15. The third kappa shape index (κ3) is 3.28. The van der Waals surface area contributed by atoms with Crippen LogP contribution >= 0.6 is 0 Å². The van der Waals surface area contributed by atoms with E-state index >= 15 is 0 Å². The lowest BCUT2D eigenvalue weighted by atomic mass is 9.92. The van der Waals surface area contributed by atoms with Gasteiger partial charge in [0.05, 0.1) is 36.2 Å². The molecule has 24 heavy (non-hydrogen) atoms. The molecular formula is C18H19NO5. The molecule has 6 nitrogen and oxygen atoms in total. The third-order valence-electron chi connectivity index (χ3n) is 3.68. The van der Waals surface area contributed by atoms with Gasteiger partial charge in [-0.1, -0.05) is 29.8 Å². The van der Waals surface area contributed by atoms with E-state index in [0.717, 1.165) is 5.56 Å². The van der Waals surface area contributed by atoms with E-state index in [1.54, 1.807) is 19.1 Å². The van der Waals surface area contributed by atoms with Crippen LogP contribution in [0.4, 0.5) is 0 Å². The van der Waals surface area contributed by atoms with Crippen molar-refractivity contribution in [2.45, 2.75) is 20.5 Å². The summed E-state index contributed by atoms with van der Waals surface area (Å²) in [6.07, 6.45) is 0. The summed E-state index contributed by atoms with van der Waals surface area (Å²) in [6.45, 7) is 3.60. The van der Waals surface area contributed by atoms with Gasteiger partial charge in [-0.3, -0.25) is 4.98 Å². The Hall–Kier alpha value is -2.73. The first-order valence-electron chi connectivity index (χ1n) is 7.31. The van der Waals surface area contributed by atoms with Crippen LogP contribution in [0.25, 0.3) is 11.1 Å². The molecule has 0 fully saturated rings. The number of hydrogen-bond donors (Lipinski definition) is 1. The molecule has 0 radical (unpaired) electrons. The number of aryl methyl sites for hydroxylation is 2. The molecule has 0 aliphatic rings. The molecule has 1 aromatic carbocycles. The van der Waals surface area contributed by atoms with Gasteiger partial charge in [-0.25, -0.2) is 9.59 Å². The van der Waals surface area contributed by atoms with Crippen molar-refractivity contribution < 1.29 is 24.2 Å². The summed E-state index contributed by atoms with van der Waals surface area (Å²) in [6, 6.07) is 7.26. The van der Waals surface area contributed by atoms with E-state index in [-0.39, 0.29) is 17.7 Å². The lowest BCUT2D eigenvalue weighted by Crippen LogP contribution is -2.16. The van der Waals surface area contributed by atoms with E-state index in [2.05, 4.69) is 4.98 Å². The number of benzene rings is 1. The molecule has 0 saturated heterocycles. The molecule has 1 heterocycles. The maximum absolute atomic E-state index is 12.3. The number of aromatic nitrogens is 1. The maximum atomic E-state index is 12.3. The molecular weight excluding hydrogens is 310 g/mol. The van der Waals surface area contributed by atoms with Gasteiger partial charge in [0.15, 0.2) is 0 Å². The molecule has 0 aliphatic heterocycles. The zero-order valence-corrected chi connectivity index (χ0v) is 14.0. The van der Waals surface area contributed by atoms with E-state index in [1.807, 2.05) is 19.1 Å². The van der Waals surface area contributed by atoms with Crippen LogP contribution in [0, 0.1) is 13.8 Å². The predicted molar refractivity (Wildman–Crippen MR) is 88.2 cm³/mol. The second-order valence-corrected chi connectivity index (χ2v) is 5.36. The van der Waals surface area contributed by atoms with E-state index in [9.17, 15) is 14.7 Å². The summed E-state index contributed by atoms with van der Waals surface area (Å²) < 4.78 is 9.97. The summed E-state index contributed by atoms with van der Waals surface area (Å²) in [7, 11) is 2.73. The molecule has 0 bridgehead atoms. The van der Waals surface area contributed by atoms with Gasteiger partial charge in [-0.2, -0.15) is 0 Å². The van der Waals surface area contributed by atoms with Gasteiger partial charge in [0.2, 0.25) is 0 Å². The summed E-state index contributed by atoms with van der Waals surface area (Å²) in [5.41, 5.74) is 2.71. The quantitative estimate of drug-likeness (QED) is 0.849. The Bertz CT molecular complexity index is 781. The number of methoxy groups -OCH3 is 2. The highest BCUT2D eigenvalue weighted by atomic mass is 16.5. The zero-order valence-electron chi connectivity index (χ0n) is 14.0. The van der Waals surface area contributed by atoms with E-state index in [4.69, 9.17) is 9.47 Å². The molecule has 126 valence electrons. The molecule has 1 aromatic heterocycles. The number of aromatic carboxylic acids is 1. The highest BCUT2D eigenvalue weighted by molar-refractivity contribution is 6.06. The van der Waals surface area contributed by atoms with Gasteiger partial charge in [-0.15, -0.1) is 0 Å². The van der Waals surface area contributed by atoms with Gasteiger partial charge < -0.3 is 14.6 Å². The van der Waals surface area contributed by atoms with Crippen LogP contribution in [-0.2, 0) is 16.1 Å². The molecule has 2 rings (SSSR count). The van der Waals surface area contributed by atoms with Crippen LogP contribution < -0.4 is 0 Å². The largest absolute Gasteiger partial charge is 0.478 e. The van der Waals surface area contributed by atoms with Crippen LogP contribution in [0.3, 0.4) is 0 Å². The number of carbonyl (C=O) groups is 2. The van der Waals surface area contributed by atoms with Gasteiger partial charge in [-0.05, 0) is 19.4 Å². The maximum Gasteiger partial charge on any atom is 0.340 e. The smallest absolute Gasteiger partial charge is 0.340 e. The first-order chi connectivity index (χ1) is 11.4. The molecule has 0 saturated carbocycles. The van der Waals surface area contributed by atoms with Crippen molar-refractivity contribution >= 4 is 11.9 Å². The van der Waals surface area contributed by atoms with Crippen molar-refractivity contribution in [2.75, 3.05) is 14.2 Å². The Morgan fingerprint density at radius 2 is 1.71 bits per heavy atom. The number of ether oxygens (including phenoxy) is 2. The van der Waals surface area contributed by atoms with E-state index < -0.39 is 11.9 Å². The summed E-state index contributed by atoms with van der Waals surface area (Å²) in [5, 5.41) is 9.64. The fourth-order valence-corrected chi connectivity index (χ4v) is 2.60. The van der Waals surface area contributed by atoms with Gasteiger partial charge in [0.1, 0.15) is 0 Å². The third-order valence-corrected chi connectivity index (χ3v) is 3.68. The SMILES string of the molecule is COCc1nc(C)c(C(=O)O)c(-c2ccc(C)cc2)c1C(=O)OC. The topological polar surface area (TPSA) is 85.7 Å². The van der Waals surface area contributed by atoms with E-state index in [1.165, 1.54) is 14.2 Å². The first kappa shape index (κ1) is 17.6. The molecule has 6 heteroatoms. The van der Waals surface area contributed by atoms with Crippen LogP contribution in [0.2, 0.25) is 0 Å². The van der Waals surface area contributed by atoms with Crippen LogP contribution in [0.1, 0.15) is 37.7 Å². The Labute approximate surface area is 140 Å². The summed E-state index contributed by atoms with van der Waals surface area (Å²) in [5.74, 6) is -1.79. The summed E-state index contributed by atoms with van der Waals surface area (Å²) >= 11 is 0. The minimum absolute atomic E-state index is 0.0147. The molecule has 0 amide bonds. The standard InChI is InChI=1S/C18H19NO5/c1-10-5-7-12(8-6-10)15-14(17(20)21)11(2)19-13(9-23-3)16(15)18(22)24-4/h5-8H,9H2,1-4H3,(H,20,21). The number of carboxylic acids is 1. The number of pyridine rings is 1. The number of nitrogens with zero attached hydrogens (tertiary/aromatic N) is 1. The highest BCUT2D eigenvalue weighted by Crippen LogP contribution is 2.32. The lowest BCUT2D eigenvalue weighted by molar-refractivity contribution is 0.0595. The van der Waals surface area contributed by atoms with Crippen molar-refractivity contribution in [1.29, 1.82) is 0 Å². The predicted octanol–water partition coefficient (Wildman–Crippen LogP) is 3.00. The fraction of sp³-hybridized carbons (Fsp3) is 0.278. The van der Waals surface area contributed by atoms with Crippen molar-refractivity contribution in [3.8, 4) is 11.1 Å². The van der Waals surface area contributed by atoms with Crippen molar-refractivity contribution in [3.05, 3.63) is 52.3 Å². The molecule has 0 spiro atoms. The molecule has 0 aliphatic carbocycles. The van der Waals surface area contributed by atoms with Gasteiger partial charge >= 0.3 is 11.9 Å². The van der Waals surface area contributed by atoms with Gasteiger partial charge in [0.25, 0.3) is 0 Å². The average molecular weight is 329 g/mol. The fourth-order valence-electron chi connectivity index (χ4n) is 2.60. The molecule has 2 aromatic rings. The summed E-state index contributed by atoms with van der Waals surface area (Å²) in [4.78, 5) is 28.4. The normalized spacial score (nSPS) is 10.5. The number of esters is 1. The Balaban J connectivity index is 2.91. The van der Waals surface area contributed by atoms with Gasteiger partial charge in [0, 0.05) is 12.7 Å². The lowest BCUT2D eigenvalue weighted by Gasteiger charge is -2.17. The molecule has 0 atom stereocenters. The Morgan fingerprint density at radius 3 is 2.21 bits per heavy atom. The van der Waals surface area contributed by atoms with Crippen molar-refractivity contribution in [2.24, 2.45) is 0 Å². The number of hydrogen-bond acceptors (Lipinski definition) is 5. The Morgan fingerprint density at radius 1 is 1.08 bits per heavy atom. The second kappa shape index (κ2) is 7.23. The average Bonchev–Trinajstić information content (AvgIpc) is 2.54. The monoisotopic (exact) mass is 329 g/mol. The van der Waals surface area contributed by atoms with Crippen LogP contribution in [0.5, 0.6) is 0 Å². The van der Waals surface area contributed by atoms with Crippen molar-refractivity contribution in [3.63, 3.8) is 0 Å². The highest BCUT2D eigenvalue weighted by Gasteiger charge is 2.27. The van der Waals surface area contributed by atoms with Crippen molar-refractivity contribution in [1.82, 2.24) is 4.98 Å². The minimum Gasteiger partial charge on any atom is -0.478 e. The first-order valence-corrected chi connectivity index (χ1v) is 7.31. The van der Waals surface area contributed by atoms with E-state index in [0.29, 0.717) is 22.5 Å². The number of rotatable bonds is 5. The van der Waals surface area contributed by atoms with Crippen LogP contribution in [0.15, 0.2) is 24.3 Å². The molecule has 0 unspecified atom stereocenters.